The normalized spacial score (nSPS) is 11.1. The number of carbonyl (C=O) groups is 2. The molecule has 0 aliphatic carbocycles. The third-order valence-corrected chi connectivity index (χ3v) is 6.08. The quantitative estimate of drug-likeness (QED) is 0.477. The SMILES string of the molecule is CS(=O)(=O)c1cc(C(=O)Oc2ccc(NC(=O)c3cccs3)cc2)ccc1Cl. The fourth-order valence-electron chi connectivity index (χ4n) is 2.29. The zero-order valence-corrected chi connectivity index (χ0v) is 16.9. The number of hydrogen-bond donors (Lipinski definition) is 1. The van der Waals surface area contributed by atoms with E-state index in [4.69, 9.17) is 16.3 Å². The van der Waals surface area contributed by atoms with E-state index in [1.807, 2.05) is 5.38 Å². The van der Waals surface area contributed by atoms with Crippen molar-refractivity contribution in [3.63, 3.8) is 0 Å². The van der Waals surface area contributed by atoms with Crippen LogP contribution in [-0.2, 0) is 9.84 Å². The smallest absolute Gasteiger partial charge is 0.343 e. The van der Waals surface area contributed by atoms with Gasteiger partial charge in [0.1, 0.15) is 5.75 Å². The average molecular weight is 436 g/mol. The summed E-state index contributed by atoms with van der Waals surface area (Å²) in [6, 6.07) is 13.6. The van der Waals surface area contributed by atoms with Crippen molar-refractivity contribution < 1.29 is 22.7 Å². The number of ether oxygens (including phenoxy) is 1. The van der Waals surface area contributed by atoms with E-state index < -0.39 is 15.8 Å². The lowest BCUT2D eigenvalue weighted by molar-refractivity contribution is 0.0734. The number of thiophene rings is 1. The Kier molecular flexibility index (Phi) is 5.83. The van der Waals surface area contributed by atoms with Crippen molar-refractivity contribution in [1.82, 2.24) is 0 Å². The summed E-state index contributed by atoms with van der Waals surface area (Å²) in [5.74, 6) is -0.707. The molecule has 0 bridgehead atoms. The maximum atomic E-state index is 12.3. The second-order valence-corrected chi connectivity index (χ2v) is 9.10. The van der Waals surface area contributed by atoms with Gasteiger partial charge in [-0.15, -0.1) is 11.3 Å². The second-order valence-electron chi connectivity index (χ2n) is 5.76. The van der Waals surface area contributed by atoms with Crippen LogP contribution in [0.4, 0.5) is 5.69 Å². The lowest BCUT2D eigenvalue weighted by Gasteiger charge is -2.08. The fourth-order valence-corrected chi connectivity index (χ4v) is 4.21. The van der Waals surface area contributed by atoms with Crippen LogP contribution in [0.15, 0.2) is 64.9 Å². The minimum absolute atomic E-state index is 0.0323. The van der Waals surface area contributed by atoms with Crippen molar-refractivity contribution in [2.75, 3.05) is 11.6 Å². The summed E-state index contributed by atoms with van der Waals surface area (Å²) < 4.78 is 28.7. The molecular formula is C19H14ClNO5S2. The van der Waals surface area contributed by atoms with Crippen molar-refractivity contribution >= 4 is 50.3 Å². The van der Waals surface area contributed by atoms with Gasteiger partial charge in [0, 0.05) is 11.9 Å². The summed E-state index contributed by atoms with van der Waals surface area (Å²) >= 11 is 7.21. The summed E-state index contributed by atoms with van der Waals surface area (Å²) in [5.41, 5.74) is 0.601. The molecule has 1 N–H and O–H groups in total. The van der Waals surface area contributed by atoms with E-state index in [0.29, 0.717) is 10.6 Å². The van der Waals surface area contributed by atoms with Crippen LogP contribution in [0.3, 0.4) is 0 Å². The Morgan fingerprint density at radius 1 is 1.07 bits per heavy atom. The Balaban J connectivity index is 1.70. The molecule has 144 valence electrons. The van der Waals surface area contributed by atoms with Crippen molar-refractivity contribution in [2.24, 2.45) is 0 Å². The molecule has 0 saturated heterocycles. The van der Waals surface area contributed by atoms with Gasteiger partial charge in [-0.25, -0.2) is 13.2 Å². The summed E-state index contributed by atoms with van der Waals surface area (Å²) in [6.45, 7) is 0. The summed E-state index contributed by atoms with van der Waals surface area (Å²) in [5, 5.41) is 4.58. The zero-order chi connectivity index (χ0) is 20.3. The highest BCUT2D eigenvalue weighted by Gasteiger charge is 2.17. The van der Waals surface area contributed by atoms with Gasteiger partial charge in [-0.1, -0.05) is 17.7 Å². The predicted octanol–water partition coefficient (Wildman–Crippen LogP) is 4.28. The number of nitrogens with one attached hydrogen (secondary N) is 1. The highest BCUT2D eigenvalue weighted by atomic mass is 35.5. The number of anilines is 1. The third kappa shape index (κ3) is 4.78. The molecule has 6 nitrogen and oxygen atoms in total. The molecule has 0 spiro atoms. The minimum Gasteiger partial charge on any atom is -0.423 e. The van der Waals surface area contributed by atoms with Gasteiger partial charge in [0.05, 0.1) is 20.4 Å². The Morgan fingerprint density at radius 3 is 2.39 bits per heavy atom. The molecule has 28 heavy (non-hydrogen) atoms. The number of sulfone groups is 1. The first-order valence-corrected chi connectivity index (χ1v) is 11.1. The van der Waals surface area contributed by atoms with Gasteiger partial charge in [0.25, 0.3) is 5.91 Å². The lowest BCUT2D eigenvalue weighted by Crippen LogP contribution is -2.11. The molecule has 0 fully saturated rings. The Hall–Kier alpha value is -2.68. The highest BCUT2D eigenvalue weighted by Crippen LogP contribution is 2.24. The topological polar surface area (TPSA) is 89.5 Å². The summed E-state index contributed by atoms with van der Waals surface area (Å²) in [6.07, 6.45) is 1.01. The Morgan fingerprint density at radius 2 is 1.79 bits per heavy atom. The van der Waals surface area contributed by atoms with E-state index in [9.17, 15) is 18.0 Å². The summed E-state index contributed by atoms with van der Waals surface area (Å²) in [7, 11) is -3.58. The van der Waals surface area contributed by atoms with E-state index in [2.05, 4.69) is 5.32 Å². The molecule has 0 radical (unpaired) electrons. The van der Waals surface area contributed by atoms with Crippen LogP contribution in [0.2, 0.25) is 5.02 Å². The van der Waals surface area contributed by atoms with Crippen molar-refractivity contribution in [1.29, 1.82) is 0 Å². The molecule has 9 heteroatoms. The van der Waals surface area contributed by atoms with Crippen LogP contribution < -0.4 is 10.1 Å². The van der Waals surface area contributed by atoms with Gasteiger partial charge in [0.2, 0.25) is 0 Å². The van der Waals surface area contributed by atoms with E-state index in [-0.39, 0.29) is 27.1 Å². The van der Waals surface area contributed by atoms with Gasteiger partial charge in [-0.3, -0.25) is 4.79 Å². The van der Waals surface area contributed by atoms with Crippen LogP contribution in [0.5, 0.6) is 5.75 Å². The first-order chi connectivity index (χ1) is 13.2. The predicted molar refractivity (Wildman–Crippen MR) is 108 cm³/mol. The number of amides is 1. The van der Waals surface area contributed by atoms with Crippen LogP contribution in [-0.4, -0.2) is 26.6 Å². The van der Waals surface area contributed by atoms with E-state index >= 15 is 0 Å². The number of halogens is 1. The maximum absolute atomic E-state index is 12.3. The molecule has 0 aliphatic heterocycles. The van der Waals surface area contributed by atoms with Gasteiger partial charge >= 0.3 is 5.97 Å². The molecule has 1 heterocycles. The number of rotatable bonds is 5. The van der Waals surface area contributed by atoms with Gasteiger partial charge in [0.15, 0.2) is 9.84 Å². The van der Waals surface area contributed by atoms with E-state index in [1.165, 1.54) is 41.7 Å². The average Bonchev–Trinajstić information content (AvgIpc) is 3.17. The number of benzene rings is 2. The van der Waals surface area contributed by atoms with Gasteiger partial charge < -0.3 is 10.1 Å². The third-order valence-electron chi connectivity index (χ3n) is 3.63. The molecule has 2 aromatic carbocycles. The lowest BCUT2D eigenvalue weighted by atomic mass is 10.2. The minimum atomic E-state index is -3.58. The largest absolute Gasteiger partial charge is 0.423 e. The van der Waals surface area contributed by atoms with Crippen LogP contribution >= 0.6 is 22.9 Å². The zero-order valence-electron chi connectivity index (χ0n) is 14.5. The molecule has 3 rings (SSSR count). The van der Waals surface area contributed by atoms with Crippen molar-refractivity contribution in [3.8, 4) is 5.75 Å². The highest BCUT2D eigenvalue weighted by molar-refractivity contribution is 7.90. The first kappa shape index (κ1) is 20.1. The van der Waals surface area contributed by atoms with E-state index in [1.54, 1.807) is 24.3 Å². The molecule has 1 aromatic heterocycles. The maximum Gasteiger partial charge on any atom is 0.343 e. The molecular weight excluding hydrogens is 422 g/mol. The first-order valence-electron chi connectivity index (χ1n) is 7.91. The van der Waals surface area contributed by atoms with Crippen LogP contribution in [0, 0.1) is 0 Å². The molecule has 0 unspecified atom stereocenters. The van der Waals surface area contributed by atoms with Crippen LogP contribution in [0.1, 0.15) is 20.0 Å². The molecule has 0 saturated carbocycles. The number of hydrogen-bond acceptors (Lipinski definition) is 6. The second kappa shape index (κ2) is 8.14. The van der Waals surface area contributed by atoms with E-state index in [0.717, 1.165) is 6.26 Å². The monoisotopic (exact) mass is 435 g/mol. The van der Waals surface area contributed by atoms with Crippen molar-refractivity contribution in [3.05, 3.63) is 75.4 Å². The molecule has 1 amide bonds. The standard InChI is InChI=1S/C19H14ClNO5S2/c1-28(24,25)17-11-12(4-9-15(17)20)19(23)26-14-7-5-13(6-8-14)21-18(22)16-3-2-10-27-16/h2-11H,1H3,(H,21,22). The molecule has 0 atom stereocenters. The van der Waals surface area contributed by atoms with Crippen LogP contribution in [0.25, 0.3) is 0 Å². The fraction of sp³-hybridized carbons (Fsp3) is 0.0526. The molecule has 3 aromatic rings. The number of esters is 1. The Labute approximate surface area is 170 Å². The van der Waals surface area contributed by atoms with Crippen molar-refractivity contribution in [2.45, 2.75) is 4.90 Å². The van der Waals surface area contributed by atoms with Gasteiger partial charge in [-0.2, -0.15) is 0 Å². The Bertz CT molecular complexity index is 1120. The number of carbonyl (C=O) groups excluding carboxylic acids is 2. The van der Waals surface area contributed by atoms with Gasteiger partial charge in [-0.05, 0) is 53.9 Å². The summed E-state index contributed by atoms with van der Waals surface area (Å²) in [4.78, 5) is 24.8. The molecule has 0 aliphatic rings.